The average molecular weight is 163 g/mol. The number of nitrogens with zero attached hydrogens (tertiary/aromatic N) is 2. The number of ether oxygens (including phenoxy) is 1. The van der Waals surface area contributed by atoms with Crippen molar-refractivity contribution in [2.24, 2.45) is 0 Å². The molecule has 0 spiro atoms. The standard InChI is InChI=1S/C8H9N3O/c1-12-6-2-3-8-10-7(9)5-11(8)4-6/h2-5H,9H2,1H3. The van der Waals surface area contributed by atoms with Gasteiger partial charge in [0.05, 0.1) is 19.5 Å². The van der Waals surface area contributed by atoms with Crippen molar-refractivity contribution in [1.29, 1.82) is 0 Å². The van der Waals surface area contributed by atoms with E-state index in [0.717, 1.165) is 11.4 Å². The van der Waals surface area contributed by atoms with Crippen molar-refractivity contribution in [3.05, 3.63) is 24.5 Å². The van der Waals surface area contributed by atoms with E-state index in [1.165, 1.54) is 0 Å². The van der Waals surface area contributed by atoms with Crippen molar-refractivity contribution in [2.75, 3.05) is 12.8 Å². The van der Waals surface area contributed by atoms with Gasteiger partial charge in [0, 0.05) is 0 Å². The maximum atomic E-state index is 5.51. The lowest BCUT2D eigenvalue weighted by atomic mass is 10.4. The molecule has 2 N–H and O–H groups in total. The zero-order valence-corrected chi connectivity index (χ0v) is 6.69. The number of hydrogen-bond donors (Lipinski definition) is 1. The van der Waals surface area contributed by atoms with Gasteiger partial charge in [-0.1, -0.05) is 0 Å². The molecule has 0 bridgehead atoms. The Bertz CT molecular complexity index is 408. The molecule has 12 heavy (non-hydrogen) atoms. The molecule has 0 saturated heterocycles. The predicted octanol–water partition coefficient (Wildman–Crippen LogP) is 0.925. The van der Waals surface area contributed by atoms with Gasteiger partial charge in [-0.2, -0.15) is 0 Å². The Morgan fingerprint density at radius 1 is 1.42 bits per heavy atom. The number of nitrogen functional groups attached to an aromatic ring is 1. The summed E-state index contributed by atoms with van der Waals surface area (Å²) in [6.45, 7) is 0. The summed E-state index contributed by atoms with van der Waals surface area (Å²) in [6.07, 6.45) is 3.58. The van der Waals surface area contributed by atoms with E-state index >= 15 is 0 Å². The van der Waals surface area contributed by atoms with Gasteiger partial charge in [-0.3, -0.25) is 0 Å². The zero-order chi connectivity index (χ0) is 8.55. The van der Waals surface area contributed by atoms with Gasteiger partial charge in [0.2, 0.25) is 0 Å². The predicted molar refractivity (Wildman–Crippen MR) is 46.2 cm³/mol. The Hall–Kier alpha value is -1.71. The number of aromatic nitrogens is 2. The van der Waals surface area contributed by atoms with Crippen LogP contribution in [-0.4, -0.2) is 16.5 Å². The molecular weight excluding hydrogens is 154 g/mol. The Balaban J connectivity index is 2.66. The first-order valence-corrected chi connectivity index (χ1v) is 3.58. The molecule has 2 heterocycles. The van der Waals surface area contributed by atoms with Gasteiger partial charge >= 0.3 is 0 Å². The summed E-state index contributed by atoms with van der Waals surface area (Å²) < 4.78 is 6.87. The first-order chi connectivity index (χ1) is 5.79. The van der Waals surface area contributed by atoms with E-state index in [-0.39, 0.29) is 0 Å². The molecule has 0 fully saturated rings. The quantitative estimate of drug-likeness (QED) is 0.680. The second-order valence-corrected chi connectivity index (χ2v) is 2.50. The summed E-state index contributed by atoms with van der Waals surface area (Å²) in [7, 11) is 1.63. The van der Waals surface area contributed by atoms with Crippen LogP contribution in [-0.2, 0) is 0 Å². The van der Waals surface area contributed by atoms with Gasteiger partial charge in [0.15, 0.2) is 0 Å². The van der Waals surface area contributed by atoms with E-state index in [1.807, 2.05) is 22.7 Å². The third-order valence-electron chi connectivity index (χ3n) is 1.68. The lowest BCUT2D eigenvalue weighted by Gasteiger charge is -1.98. The number of hydrogen-bond acceptors (Lipinski definition) is 3. The molecule has 0 amide bonds. The van der Waals surface area contributed by atoms with E-state index in [0.29, 0.717) is 5.82 Å². The van der Waals surface area contributed by atoms with Gasteiger partial charge < -0.3 is 14.9 Å². The van der Waals surface area contributed by atoms with Crippen molar-refractivity contribution < 1.29 is 4.74 Å². The van der Waals surface area contributed by atoms with E-state index in [9.17, 15) is 0 Å². The fraction of sp³-hybridized carbons (Fsp3) is 0.125. The van der Waals surface area contributed by atoms with Crippen LogP contribution in [0.25, 0.3) is 5.65 Å². The molecular formula is C8H9N3O. The van der Waals surface area contributed by atoms with Crippen LogP contribution in [0.2, 0.25) is 0 Å². The second kappa shape index (κ2) is 2.41. The molecule has 4 heteroatoms. The summed E-state index contributed by atoms with van der Waals surface area (Å²) in [5.74, 6) is 1.31. The van der Waals surface area contributed by atoms with E-state index < -0.39 is 0 Å². The molecule has 0 aliphatic rings. The number of fused-ring (bicyclic) bond motifs is 1. The normalized spacial score (nSPS) is 10.4. The van der Waals surface area contributed by atoms with E-state index in [4.69, 9.17) is 10.5 Å². The Kier molecular flexibility index (Phi) is 1.40. The van der Waals surface area contributed by atoms with Crippen LogP contribution in [0.15, 0.2) is 24.5 Å². The summed E-state index contributed by atoms with van der Waals surface area (Å²) in [4.78, 5) is 4.07. The second-order valence-electron chi connectivity index (χ2n) is 2.50. The average Bonchev–Trinajstić information content (AvgIpc) is 2.43. The largest absolute Gasteiger partial charge is 0.495 e. The smallest absolute Gasteiger partial charge is 0.142 e. The van der Waals surface area contributed by atoms with E-state index in [1.54, 1.807) is 13.3 Å². The molecule has 4 nitrogen and oxygen atoms in total. The highest BCUT2D eigenvalue weighted by molar-refractivity contribution is 5.48. The first-order valence-electron chi connectivity index (χ1n) is 3.58. The number of anilines is 1. The van der Waals surface area contributed by atoms with Crippen LogP contribution in [0, 0.1) is 0 Å². The van der Waals surface area contributed by atoms with Gasteiger partial charge in [0.25, 0.3) is 0 Å². The van der Waals surface area contributed by atoms with E-state index in [2.05, 4.69) is 4.98 Å². The molecule has 0 atom stereocenters. The van der Waals surface area contributed by atoms with Crippen molar-refractivity contribution in [3.63, 3.8) is 0 Å². The lowest BCUT2D eigenvalue weighted by molar-refractivity contribution is 0.412. The third-order valence-corrected chi connectivity index (χ3v) is 1.68. The summed E-state index contributed by atoms with van der Waals surface area (Å²) in [5.41, 5.74) is 6.34. The fourth-order valence-corrected chi connectivity index (χ4v) is 1.11. The highest BCUT2D eigenvalue weighted by atomic mass is 16.5. The summed E-state index contributed by atoms with van der Waals surface area (Å²) in [6, 6.07) is 3.71. The Labute approximate surface area is 69.6 Å². The van der Waals surface area contributed by atoms with Crippen LogP contribution >= 0.6 is 0 Å². The molecule has 0 radical (unpaired) electrons. The monoisotopic (exact) mass is 163 g/mol. The van der Waals surface area contributed by atoms with Gasteiger partial charge in [-0.25, -0.2) is 4.98 Å². The van der Waals surface area contributed by atoms with Crippen LogP contribution in [0.5, 0.6) is 5.75 Å². The molecule has 0 saturated carbocycles. The Morgan fingerprint density at radius 2 is 2.25 bits per heavy atom. The van der Waals surface area contributed by atoms with Crippen molar-refractivity contribution in [1.82, 2.24) is 9.38 Å². The number of imidazole rings is 1. The number of rotatable bonds is 1. The van der Waals surface area contributed by atoms with Gasteiger partial charge in [-0.05, 0) is 12.1 Å². The molecule has 62 valence electrons. The van der Waals surface area contributed by atoms with Crippen molar-refractivity contribution in [2.45, 2.75) is 0 Å². The third kappa shape index (κ3) is 0.972. The van der Waals surface area contributed by atoms with Crippen LogP contribution in [0.4, 0.5) is 5.82 Å². The topological polar surface area (TPSA) is 52.5 Å². The van der Waals surface area contributed by atoms with Crippen LogP contribution in [0.1, 0.15) is 0 Å². The minimum atomic E-state index is 0.517. The van der Waals surface area contributed by atoms with Crippen molar-refractivity contribution in [3.8, 4) is 5.75 Å². The Morgan fingerprint density at radius 3 is 3.00 bits per heavy atom. The molecule has 0 aromatic carbocycles. The first kappa shape index (κ1) is 6.97. The summed E-state index contributed by atoms with van der Waals surface area (Å²) in [5, 5.41) is 0. The number of nitrogens with two attached hydrogens (primary N) is 1. The highest BCUT2D eigenvalue weighted by Crippen LogP contribution is 2.13. The highest BCUT2D eigenvalue weighted by Gasteiger charge is 1.98. The minimum Gasteiger partial charge on any atom is -0.495 e. The maximum Gasteiger partial charge on any atom is 0.142 e. The molecule has 0 unspecified atom stereocenters. The fourth-order valence-electron chi connectivity index (χ4n) is 1.11. The zero-order valence-electron chi connectivity index (χ0n) is 6.69. The molecule has 0 aliphatic heterocycles. The minimum absolute atomic E-state index is 0.517. The lowest BCUT2D eigenvalue weighted by Crippen LogP contribution is -1.86. The van der Waals surface area contributed by atoms with Crippen molar-refractivity contribution >= 4 is 11.5 Å². The van der Waals surface area contributed by atoms with Crippen LogP contribution in [0.3, 0.4) is 0 Å². The van der Waals surface area contributed by atoms with Crippen LogP contribution < -0.4 is 10.5 Å². The number of pyridine rings is 1. The number of methoxy groups -OCH3 is 1. The van der Waals surface area contributed by atoms with Gasteiger partial charge in [-0.15, -0.1) is 0 Å². The maximum absolute atomic E-state index is 5.51. The molecule has 2 aromatic heterocycles. The molecule has 2 rings (SSSR count). The molecule has 2 aromatic rings. The molecule has 0 aliphatic carbocycles. The van der Waals surface area contributed by atoms with Gasteiger partial charge in [0.1, 0.15) is 17.2 Å². The summed E-state index contributed by atoms with van der Waals surface area (Å²) >= 11 is 0. The SMILES string of the molecule is COc1ccc2nc(N)cn2c1.